The number of ether oxygens (including phenoxy) is 1. The summed E-state index contributed by atoms with van der Waals surface area (Å²) in [6.07, 6.45) is 0. The van der Waals surface area contributed by atoms with E-state index in [-0.39, 0.29) is 0 Å². The number of rotatable bonds is 3. The van der Waals surface area contributed by atoms with Crippen LogP contribution in [0.1, 0.15) is 0 Å². The van der Waals surface area contributed by atoms with Crippen LogP contribution in [0.5, 0.6) is 5.88 Å². The highest BCUT2D eigenvalue weighted by Crippen LogP contribution is 2.30. The van der Waals surface area contributed by atoms with Gasteiger partial charge in [0.1, 0.15) is 5.03 Å². The Bertz CT molecular complexity index is 516. The summed E-state index contributed by atoms with van der Waals surface area (Å²) in [5.74, 6) is 0.465. The molecule has 0 radical (unpaired) electrons. The third-order valence-corrected chi connectivity index (χ3v) is 3.57. The van der Waals surface area contributed by atoms with Crippen molar-refractivity contribution in [1.29, 1.82) is 0 Å². The van der Waals surface area contributed by atoms with E-state index in [4.69, 9.17) is 10.5 Å². The molecule has 0 atom stereocenters. The molecule has 3 nitrogen and oxygen atoms in total. The molecule has 1 heterocycles. The maximum Gasteiger partial charge on any atom is 0.237 e. The average molecular weight is 311 g/mol. The average Bonchev–Trinajstić information content (AvgIpc) is 2.34. The summed E-state index contributed by atoms with van der Waals surface area (Å²) in [4.78, 5) is 5.43. The molecule has 0 spiro atoms. The highest BCUT2D eigenvalue weighted by atomic mass is 79.9. The molecule has 0 saturated carbocycles. The second kappa shape index (κ2) is 5.42. The highest BCUT2D eigenvalue weighted by molar-refractivity contribution is 9.10. The van der Waals surface area contributed by atoms with Crippen LogP contribution in [0.15, 0.2) is 50.8 Å². The van der Waals surface area contributed by atoms with Crippen LogP contribution in [0.3, 0.4) is 0 Å². The van der Waals surface area contributed by atoms with Crippen molar-refractivity contribution in [1.82, 2.24) is 4.98 Å². The Hall–Kier alpha value is -1.20. The first-order valence-electron chi connectivity index (χ1n) is 4.93. The first-order chi connectivity index (χ1) is 8.19. The molecule has 0 unspecified atom stereocenters. The van der Waals surface area contributed by atoms with E-state index in [1.165, 1.54) is 0 Å². The van der Waals surface area contributed by atoms with Crippen LogP contribution in [0.25, 0.3) is 0 Å². The maximum atomic E-state index is 5.71. The maximum absolute atomic E-state index is 5.71. The second-order valence-electron chi connectivity index (χ2n) is 3.30. The number of pyridine rings is 1. The molecular weight excluding hydrogens is 300 g/mol. The Labute approximate surface area is 113 Å². The van der Waals surface area contributed by atoms with Gasteiger partial charge >= 0.3 is 0 Å². The van der Waals surface area contributed by atoms with Gasteiger partial charge in [-0.1, -0.05) is 27.7 Å². The zero-order valence-electron chi connectivity index (χ0n) is 9.18. The number of hydrogen-bond donors (Lipinski definition) is 1. The van der Waals surface area contributed by atoms with E-state index in [0.29, 0.717) is 11.6 Å². The topological polar surface area (TPSA) is 48.1 Å². The largest absolute Gasteiger partial charge is 0.480 e. The number of anilines is 1. The Kier molecular flexibility index (Phi) is 3.91. The fourth-order valence-corrected chi connectivity index (χ4v) is 2.32. The van der Waals surface area contributed by atoms with Gasteiger partial charge in [-0.2, -0.15) is 0 Å². The first kappa shape index (κ1) is 12.3. The molecule has 0 fully saturated rings. The predicted octanol–water partition coefficient (Wildman–Crippen LogP) is 3.59. The quantitative estimate of drug-likeness (QED) is 0.941. The molecule has 88 valence electrons. The summed E-state index contributed by atoms with van der Waals surface area (Å²) in [6.45, 7) is 0. The Morgan fingerprint density at radius 1 is 1.18 bits per heavy atom. The summed E-state index contributed by atoms with van der Waals surface area (Å²) in [7, 11) is 1.56. The van der Waals surface area contributed by atoms with Crippen molar-refractivity contribution < 1.29 is 4.74 Å². The van der Waals surface area contributed by atoms with E-state index in [1.807, 2.05) is 30.3 Å². The van der Waals surface area contributed by atoms with E-state index in [0.717, 1.165) is 14.4 Å². The van der Waals surface area contributed by atoms with Crippen LogP contribution in [0, 0.1) is 0 Å². The molecule has 1 aromatic carbocycles. The minimum atomic E-state index is 0.465. The smallest absolute Gasteiger partial charge is 0.237 e. The second-order valence-corrected chi connectivity index (χ2v) is 5.31. The van der Waals surface area contributed by atoms with Crippen molar-refractivity contribution in [2.45, 2.75) is 9.92 Å². The Balaban J connectivity index is 2.21. The van der Waals surface area contributed by atoms with Crippen molar-refractivity contribution in [3.05, 3.63) is 40.9 Å². The minimum absolute atomic E-state index is 0.465. The molecule has 5 heteroatoms. The molecular formula is C12H11BrN2OS. The van der Waals surface area contributed by atoms with E-state index >= 15 is 0 Å². The third-order valence-electron chi connectivity index (χ3n) is 2.09. The molecule has 2 aromatic rings. The van der Waals surface area contributed by atoms with Gasteiger partial charge in [0.25, 0.3) is 0 Å². The van der Waals surface area contributed by atoms with E-state index in [2.05, 4.69) is 20.9 Å². The van der Waals surface area contributed by atoms with E-state index < -0.39 is 0 Å². The molecule has 0 aliphatic heterocycles. The summed E-state index contributed by atoms with van der Waals surface area (Å²) < 4.78 is 6.15. The molecule has 1 aromatic heterocycles. The number of nitrogens with two attached hydrogens (primary N) is 1. The van der Waals surface area contributed by atoms with Gasteiger partial charge in [-0.25, -0.2) is 4.98 Å². The third kappa shape index (κ3) is 3.14. The van der Waals surface area contributed by atoms with Crippen LogP contribution >= 0.6 is 27.7 Å². The van der Waals surface area contributed by atoms with Crippen molar-refractivity contribution in [2.24, 2.45) is 0 Å². The number of benzene rings is 1. The number of aromatic nitrogens is 1. The summed E-state index contributed by atoms with van der Waals surface area (Å²) >= 11 is 4.97. The van der Waals surface area contributed by atoms with E-state index in [1.54, 1.807) is 24.9 Å². The van der Waals surface area contributed by atoms with Crippen LogP contribution in [0.4, 0.5) is 5.69 Å². The van der Waals surface area contributed by atoms with Gasteiger partial charge in [0.2, 0.25) is 5.88 Å². The summed E-state index contributed by atoms with van der Waals surface area (Å²) in [6, 6.07) is 11.7. The fourth-order valence-electron chi connectivity index (χ4n) is 1.28. The molecule has 2 rings (SSSR count). The lowest BCUT2D eigenvalue weighted by atomic mass is 10.4. The standard InChI is InChI=1S/C12H11BrN2OS/c1-16-12-10(14)6-7-11(15-12)17-9-4-2-8(13)3-5-9/h2-7H,14H2,1H3. The van der Waals surface area contributed by atoms with Gasteiger partial charge in [0, 0.05) is 9.37 Å². The van der Waals surface area contributed by atoms with Gasteiger partial charge < -0.3 is 10.5 Å². The van der Waals surface area contributed by atoms with E-state index in [9.17, 15) is 0 Å². The van der Waals surface area contributed by atoms with Crippen molar-refractivity contribution in [3.8, 4) is 5.88 Å². The number of hydrogen-bond acceptors (Lipinski definition) is 4. The lowest BCUT2D eigenvalue weighted by Gasteiger charge is -2.06. The molecule has 0 saturated heterocycles. The molecule has 0 aliphatic rings. The molecule has 0 aliphatic carbocycles. The predicted molar refractivity (Wildman–Crippen MR) is 73.5 cm³/mol. The first-order valence-corrected chi connectivity index (χ1v) is 6.54. The zero-order chi connectivity index (χ0) is 12.3. The minimum Gasteiger partial charge on any atom is -0.480 e. The molecule has 17 heavy (non-hydrogen) atoms. The lowest BCUT2D eigenvalue weighted by Crippen LogP contribution is -1.95. The van der Waals surface area contributed by atoms with Crippen molar-refractivity contribution in [2.75, 3.05) is 12.8 Å². The molecule has 0 amide bonds. The van der Waals surface area contributed by atoms with Gasteiger partial charge in [0.15, 0.2) is 0 Å². The van der Waals surface area contributed by atoms with Gasteiger partial charge in [-0.15, -0.1) is 0 Å². The fraction of sp³-hybridized carbons (Fsp3) is 0.0833. The SMILES string of the molecule is COc1nc(Sc2ccc(Br)cc2)ccc1N. The van der Waals surface area contributed by atoms with Crippen LogP contribution in [-0.4, -0.2) is 12.1 Å². The monoisotopic (exact) mass is 310 g/mol. The molecule has 0 bridgehead atoms. The Morgan fingerprint density at radius 2 is 1.88 bits per heavy atom. The van der Waals surface area contributed by atoms with Gasteiger partial charge in [-0.3, -0.25) is 0 Å². The van der Waals surface area contributed by atoms with Crippen LogP contribution < -0.4 is 10.5 Å². The summed E-state index contributed by atoms with van der Waals surface area (Å²) in [5, 5.41) is 0.860. The number of halogens is 1. The number of nitrogen functional groups attached to an aromatic ring is 1. The molecule has 2 N–H and O–H groups in total. The van der Waals surface area contributed by atoms with Crippen molar-refractivity contribution in [3.63, 3.8) is 0 Å². The number of methoxy groups -OCH3 is 1. The van der Waals surface area contributed by atoms with Crippen molar-refractivity contribution >= 4 is 33.4 Å². The normalized spacial score (nSPS) is 10.2. The van der Waals surface area contributed by atoms with Gasteiger partial charge in [-0.05, 0) is 36.4 Å². The Morgan fingerprint density at radius 3 is 2.53 bits per heavy atom. The number of nitrogens with zero attached hydrogens (tertiary/aromatic N) is 1. The highest BCUT2D eigenvalue weighted by Gasteiger charge is 2.04. The zero-order valence-corrected chi connectivity index (χ0v) is 11.6. The summed E-state index contributed by atoms with van der Waals surface area (Å²) in [5.41, 5.74) is 6.26. The van der Waals surface area contributed by atoms with Crippen LogP contribution in [0.2, 0.25) is 0 Å². The van der Waals surface area contributed by atoms with Gasteiger partial charge in [0.05, 0.1) is 12.8 Å². The lowest BCUT2D eigenvalue weighted by molar-refractivity contribution is 0.397. The van der Waals surface area contributed by atoms with Crippen LogP contribution in [-0.2, 0) is 0 Å².